The summed E-state index contributed by atoms with van der Waals surface area (Å²) in [6.45, 7) is 2.67. The summed E-state index contributed by atoms with van der Waals surface area (Å²) >= 11 is 0. The van der Waals surface area contributed by atoms with Crippen LogP contribution in [0.2, 0.25) is 0 Å². The van der Waals surface area contributed by atoms with E-state index >= 15 is 0 Å². The average molecular weight is 383 g/mol. The maximum absolute atomic E-state index is 11.8. The van der Waals surface area contributed by atoms with E-state index in [4.69, 9.17) is 9.47 Å². The fraction of sp³-hybridized carbons (Fsp3) is 0.900. The highest BCUT2D eigenvalue weighted by molar-refractivity contribution is 5.77. The number of nitro groups is 1. The molecule has 0 aromatic rings. The number of carbonyl (C=O) groups is 2. The average Bonchev–Trinajstić information content (AvgIpc) is 3.11. The molecule has 2 aliphatic rings. The van der Waals surface area contributed by atoms with Crippen molar-refractivity contribution < 1.29 is 24.0 Å². The summed E-state index contributed by atoms with van der Waals surface area (Å²) in [5, 5.41) is 10.7. The molecule has 0 aliphatic heterocycles. The number of hydrogen-bond donors (Lipinski definition) is 0. The molecule has 0 amide bonds. The van der Waals surface area contributed by atoms with Gasteiger partial charge in [0.1, 0.15) is 6.10 Å². The Morgan fingerprint density at radius 3 is 2.33 bits per heavy atom. The Labute approximate surface area is 161 Å². The fourth-order valence-electron chi connectivity index (χ4n) is 4.46. The standard InChI is InChI=1S/C20H33NO6/c1-2-15-5-3-6-16(15)7-4-14-26-19(22)12-13-20(23)27-18-10-8-17(9-11-18)21(24)25/h15-18H,2-14H2,1H3. The van der Waals surface area contributed by atoms with E-state index in [9.17, 15) is 19.7 Å². The summed E-state index contributed by atoms with van der Waals surface area (Å²) in [5.41, 5.74) is 0. The normalized spacial score (nSPS) is 27.9. The lowest BCUT2D eigenvalue weighted by molar-refractivity contribution is -0.527. The minimum atomic E-state index is -0.522. The van der Waals surface area contributed by atoms with Crippen molar-refractivity contribution in [3.05, 3.63) is 10.1 Å². The van der Waals surface area contributed by atoms with E-state index < -0.39 is 12.0 Å². The van der Waals surface area contributed by atoms with Crippen molar-refractivity contribution in [2.24, 2.45) is 11.8 Å². The Kier molecular flexibility index (Phi) is 9.01. The third-order valence-corrected chi connectivity index (χ3v) is 6.10. The van der Waals surface area contributed by atoms with Crippen molar-refractivity contribution in [2.45, 2.75) is 96.1 Å². The predicted octanol–water partition coefficient (Wildman–Crippen LogP) is 4.05. The van der Waals surface area contributed by atoms with Gasteiger partial charge in [-0.3, -0.25) is 19.7 Å². The molecule has 2 saturated carbocycles. The monoisotopic (exact) mass is 383 g/mol. The molecule has 0 spiro atoms. The number of nitrogens with zero attached hydrogens (tertiary/aromatic N) is 1. The minimum Gasteiger partial charge on any atom is -0.466 e. The summed E-state index contributed by atoms with van der Waals surface area (Å²) in [4.78, 5) is 34.1. The molecule has 7 nitrogen and oxygen atoms in total. The van der Waals surface area contributed by atoms with Gasteiger partial charge < -0.3 is 9.47 Å². The Balaban J connectivity index is 1.51. The third kappa shape index (κ3) is 7.46. The van der Waals surface area contributed by atoms with Crippen LogP contribution in [0.3, 0.4) is 0 Å². The van der Waals surface area contributed by atoms with Crippen molar-refractivity contribution >= 4 is 11.9 Å². The first-order chi connectivity index (χ1) is 13.0. The van der Waals surface area contributed by atoms with Crippen LogP contribution in [-0.4, -0.2) is 35.6 Å². The van der Waals surface area contributed by atoms with Crippen molar-refractivity contribution in [3.8, 4) is 0 Å². The molecule has 2 unspecified atom stereocenters. The second-order valence-electron chi connectivity index (χ2n) is 7.93. The van der Waals surface area contributed by atoms with Gasteiger partial charge in [0.2, 0.25) is 6.04 Å². The molecule has 2 atom stereocenters. The Bertz CT molecular complexity index is 501. The zero-order valence-corrected chi connectivity index (χ0v) is 16.4. The van der Waals surface area contributed by atoms with E-state index in [0.29, 0.717) is 32.3 Å². The lowest BCUT2D eigenvalue weighted by Crippen LogP contribution is -2.31. The van der Waals surface area contributed by atoms with Gasteiger partial charge in [0, 0.05) is 17.8 Å². The van der Waals surface area contributed by atoms with E-state index in [0.717, 1.165) is 24.7 Å². The summed E-state index contributed by atoms with van der Waals surface area (Å²) in [7, 11) is 0. The third-order valence-electron chi connectivity index (χ3n) is 6.10. The topological polar surface area (TPSA) is 95.7 Å². The SMILES string of the molecule is CCC1CCCC1CCCOC(=O)CCC(=O)OC1CCC([N+](=O)[O-])CC1. The molecule has 27 heavy (non-hydrogen) atoms. The highest BCUT2D eigenvalue weighted by Gasteiger charge is 2.30. The maximum Gasteiger partial charge on any atom is 0.306 e. The summed E-state index contributed by atoms with van der Waals surface area (Å²) in [6.07, 6.45) is 8.86. The van der Waals surface area contributed by atoms with Crippen LogP contribution in [-0.2, 0) is 19.1 Å². The number of hydrogen-bond acceptors (Lipinski definition) is 6. The van der Waals surface area contributed by atoms with E-state index in [1.807, 2.05) is 0 Å². The Hall–Kier alpha value is -1.66. The lowest BCUT2D eigenvalue weighted by atomic mass is 9.90. The van der Waals surface area contributed by atoms with Crippen LogP contribution >= 0.6 is 0 Å². The Morgan fingerprint density at radius 1 is 1.00 bits per heavy atom. The van der Waals surface area contributed by atoms with E-state index in [1.165, 1.54) is 25.7 Å². The minimum absolute atomic E-state index is 0.00846. The molecule has 2 rings (SSSR count). The molecule has 0 bridgehead atoms. The molecule has 2 aliphatic carbocycles. The van der Waals surface area contributed by atoms with Crippen LogP contribution in [0.15, 0.2) is 0 Å². The predicted molar refractivity (Wildman–Crippen MR) is 99.7 cm³/mol. The van der Waals surface area contributed by atoms with Gasteiger partial charge in [-0.1, -0.05) is 32.6 Å². The summed E-state index contributed by atoms with van der Waals surface area (Å²) in [5.74, 6) is 0.820. The summed E-state index contributed by atoms with van der Waals surface area (Å²) in [6, 6.07) is -0.522. The fourth-order valence-corrected chi connectivity index (χ4v) is 4.46. The van der Waals surface area contributed by atoms with Crippen molar-refractivity contribution in [1.29, 1.82) is 0 Å². The summed E-state index contributed by atoms with van der Waals surface area (Å²) < 4.78 is 10.5. The van der Waals surface area contributed by atoms with Gasteiger partial charge in [-0.05, 0) is 37.5 Å². The highest BCUT2D eigenvalue weighted by Crippen LogP contribution is 2.36. The van der Waals surface area contributed by atoms with Crippen molar-refractivity contribution in [1.82, 2.24) is 0 Å². The maximum atomic E-state index is 11.8. The van der Waals surface area contributed by atoms with Crippen LogP contribution in [0.1, 0.15) is 84.0 Å². The zero-order valence-electron chi connectivity index (χ0n) is 16.4. The molecular weight excluding hydrogens is 350 g/mol. The first-order valence-corrected chi connectivity index (χ1v) is 10.5. The first kappa shape index (κ1) is 21.6. The van der Waals surface area contributed by atoms with E-state index in [-0.39, 0.29) is 29.8 Å². The van der Waals surface area contributed by atoms with Crippen LogP contribution in [0.5, 0.6) is 0 Å². The molecule has 0 N–H and O–H groups in total. The number of esters is 2. The quantitative estimate of drug-likeness (QED) is 0.244. The van der Waals surface area contributed by atoms with Gasteiger partial charge in [0.05, 0.1) is 19.4 Å². The number of rotatable bonds is 10. The van der Waals surface area contributed by atoms with Crippen LogP contribution in [0, 0.1) is 22.0 Å². The second-order valence-corrected chi connectivity index (χ2v) is 7.93. The van der Waals surface area contributed by atoms with E-state index in [2.05, 4.69) is 6.92 Å². The van der Waals surface area contributed by atoms with Gasteiger partial charge in [-0.25, -0.2) is 0 Å². The molecule has 0 aromatic heterocycles. The zero-order chi connectivity index (χ0) is 19.6. The highest BCUT2D eigenvalue weighted by atomic mass is 16.6. The largest absolute Gasteiger partial charge is 0.466 e. The van der Waals surface area contributed by atoms with Gasteiger partial charge in [-0.15, -0.1) is 0 Å². The molecule has 0 aromatic carbocycles. The smallest absolute Gasteiger partial charge is 0.306 e. The van der Waals surface area contributed by atoms with Crippen LogP contribution in [0.4, 0.5) is 0 Å². The van der Waals surface area contributed by atoms with Crippen molar-refractivity contribution in [2.75, 3.05) is 6.61 Å². The molecule has 154 valence electrons. The van der Waals surface area contributed by atoms with Gasteiger partial charge in [0.15, 0.2) is 0 Å². The molecule has 0 saturated heterocycles. The molecule has 0 heterocycles. The second kappa shape index (κ2) is 11.2. The van der Waals surface area contributed by atoms with Crippen molar-refractivity contribution in [3.63, 3.8) is 0 Å². The first-order valence-electron chi connectivity index (χ1n) is 10.5. The van der Waals surface area contributed by atoms with Gasteiger partial charge >= 0.3 is 11.9 Å². The van der Waals surface area contributed by atoms with Crippen LogP contribution in [0.25, 0.3) is 0 Å². The number of carbonyl (C=O) groups excluding carboxylic acids is 2. The Morgan fingerprint density at radius 2 is 1.67 bits per heavy atom. The van der Waals surface area contributed by atoms with Crippen LogP contribution < -0.4 is 0 Å². The van der Waals surface area contributed by atoms with Gasteiger partial charge in [-0.2, -0.15) is 0 Å². The molecular formula is C20H33NO6. The molecule has 2 fully saturated rings. The molecule has 7 heteroatoms. The molecule has 0 radical (unpaired) electrons. The van der Waals surface area contributed by atoms with E-state index in [1.54, 1.807) is 0 Å². The lowest BCUT2D eigenvalue weighted by Gasteiger charge is -2.23. The number of ether oxygens (including phenoxy) is 2. The van der Waals surface area contributed by atoms with Gasteiger partial charge in [0.25, 0.3) is 0 Å².